The molecule has 11 heteroatoms. The lowest BCUT2D eigenvalue weighted by molar-refractivity contribution is 0.126. The molecule has 0 aromatic rings. The number of primary amides is 1. The predicted octanol–water partition coefficient (Wildman–Crippen LogP) is -0.700. The summed E-state index contributed by atoms with van der Waals surface area (Å²) in [5.74, 6) is 0.121. The first-order valence-electron chi connectivity index (χ1n) is 9.52. The van der Waals surface area contributed by atoms with Gasteiger partial charge in [-0.25, -0.2) is 21.6 Å². The second-order valence-electron chi connectivity index (χ2n) is 8.00. The Balaban J connectivity index is 1.50. The van der Waals surface area contributed by atoms with Crippen LogP contribution in [0.2, 0.25) is 0 Å². The predicted molar refractivity (Wildman–Crippen MR) is 102 cm³/mol. The third kappa shape index (κ3) is 4.93. The van der Waals surface area contributed by atoms with Crippen molar-refractivity contribution in [3.63, 3.8) is 0 Å². The maximum Gasteiger partial charge on any atom is 0.315 e. The van der Waals surface area contributed by atoms with Crippen molar-refractivity contribution in [3.8, 4) is 0 Å². The minimum atomic E-state index is -3.25. The number of carbonyl (C=O) groups is 1. The molecule has 3 aliphatic heterocycles. The quantitative estimate of drug-likeness (QED) is 0.604. The molecule has 2 bridgehead atoms. The Labute approximate surface area is 161 Å². The number of nitrogens with zero attached hydrogens (tertiary/aromatic N) is 3. The van der Waals surface area contributed by atoms with Crippen LogP contribution in [0, 0.1) is 5.92 Å². The zero-order valence-electron chi connectivity index (χ0n) is 15.8. The van der Waals surface area contributed by atoms with Crippen LogP contribution in [0.3, 0.4) is 0 Å². The van der Waals surface area contributed by atoms with Gasteiger partial charge in [-0.2, -0.15) is 4.31 Å². The fraction of sp³-hybridized carbons (Fsp3) is 0.938. The standard InChI is InChI=1S/C16H30N4O5S2/c1-26(22,23)19-8-6-18(7-9-19)10-11-27(24,25)12-13-2-3-14-4-5-15(13)20(14)16(17)21/h13-15H,2-12H2,1H3,(H2,17,21)/t13?,14-,15+/m1/s1. The smallest absolute Gasteiger partial charge is 0.315 e. The summed E-state index contributed by atoms with van der Waals surface area (Å²) in [5.41, 5.74) is 5.50. The molecule has 0 aromatic carbocycles. The Morgan fingerprint density at radius 1 is 1.00 bits per heavy atom. The van der Waals surface area contributed by atoms with Gasteiger partial charge in [0, 0.05) is 44.8 Å². The van der Waals surface area contributed by atoms with E-state index in [2.05, 4.69) is 0 Å². The fourth-order valence-corrected chi connectivity index (χ4v) is 7.33. The number of sulfone groups is 1. The van der Waals surface area contributed by atoms with E-state index in [4.69, 9.17) is 5.73 Å². The van der Waals surface area contributed by atoms with Crippen LogP contribution < -0.4 is 5.73 Å². The van der Waals surface area contributed by atoms with Crippen LogP contribution in [0.25, 0.3) is 0 Å². The van der Waals surface area contributed by atoms with Crippen molar-refractivity contribution in [2.24, 2.45) is 11.7 Å². The normalized spacial score (nSPS) is 30.6. The van der Waals surface area contributed by atoms with Crippen LogP contribution in [0.5, 0.6) is 0 Å². The van der Waals surface area contributed by atoms with Gasteiger partial charge in [0.2, 0.25) is 10.0 Å². The van der Waals surface area contributed by atoms with Gasteiger partial charge in [0.05, 0.1) is 17.8 Å². The largest absolute Gasteiger partial charge is 0.351 e. The lowest BCUT2D eigenvalue weighted by Crippen LogP contribution is -2.52. The summed E-state index contributed by atoms with van der Waals surface area (Å²) in [6, 6.07) is -0.305. The van der Waals surface area contributed by atoms with Crippen LogP contribution in [-0.2, 0) is 19.9 Å². The number of amides is 2. The highest BCUT2D eigenvalue weighted by atomic mass is 32.2. The molecule has 0 aromatic heterocycles. The van der Waals surface area contributed by atoms with Gasteiger partial charge in [0.25, 0.3) is 0 Å². The third-order valence-electron chi connectivity index (χ3n) is 6.20. The van der Waals surface area contributed by atoms with Gasteiger partial charge in [-0.15, -0.1) is 0 Å². The number of piperidine rings is 1. The molecule has 3 fully saturated rings. The maximum absolute atomic E-state index is 12.6. The van der Waals surface area contributed by atoms with Gasteiger partial charge >= 0.3 is 6.03 Å². The molecular formula is C16H30N4O5S2. The Hall–Kier alpha value is -0.910. The highest BCUT2D eigenvalue weighted by Gasteiger charge is 2.45. The average molecular weight is 423 g/mol. The second-order valence-corrected chi connectivity index (χ2v) is 12.2. The van der Waals surface area contributed by atoms with Gasteiger partial charge in [-0.05, 0) is 31.6 Å². The molecule has 0 saturated carbocycles. The second kappa shape index (κ2) is 7.84. The van der Waals surface area contributed by atoms with Crippen molar-refractivity contribution in [1.82, 2.24) is 14.1 Å². The first-order chi connectivity index (χ1) is 12.6. The Bertz CT molecular complexity index is 762. The number of sulfonamides is 1. The van der Waals surface area contributed by atoms with Crippen molar-refractivity contribution in [3.05, 3.63) is 0 Å². The summed E-state index contributed by atoms with van der Waals surface area (Å²) in [7, 11) is -6.43. The van der Waals surface area contributed by atoms with Crippen LogP contribution in [0.4, 0.5) is 4.79 Å². The molecule has 1 unspecified atom stereocenters. The lowest BCUT2D eigenvalue weighted by atomic mass is 9.92. The van der Waals surface area contributed by atoms with E-state index in [1.807, 2.05) is 4.90 Å². The molecule has 27 heavy (non-hydrogen) atoms. The van der Waals surface area contributed by atoms with Crippen LogP contribution in [0.15, 0.2) is 0 Å². The van der Waals surface area contributed by atoms with Gasteiger partial charge in [0.1, 0.15) is 0 Å². The summed E-state index contributed by atoms with van der Waals surface area (Å²) >= 11 is 0. The third-order valence-corrected chi connectivity index (χ3v) is 9.25. The number of fused-ring (bicyclic) bond motifs is 2. The lowest BCUT2D eigenvalue weighted by Gasteiger charge is -2.39. The number of urea groups is 1. The number of carbonyl (C=O) groups excluding carboxylic acids is 1. The van der Waals surface area contributed by atoms with E-state index < -0.39 is 25.9 Å². The number of nitrogens with two attached hydrogens (primary N) is 1. The number of hydrogen-bond donors (Lipinski definition) is 1. The summed E-state index contributed by atoms with van der Waals surface area (Å²) in [4.78, 5) is 15.4. The Morgan fingerprint density at radius 2 is 1.63 bits per heavy atom. The average Bonchev–Trinajstić information content (AvgIpc) is 2.91. The van der Waals surface area contributed by atoms with Crippen LogP contribution >= 0.6 is 0 Å². The molecule has 0 spiro atoms. The first-order valence-corrected chi connectivity index (χ1v) is 13.2. The molecule has 156 valence electrons. The zero-order valence-corrected chi connectivity index (χ0v) is 17.4. The molecule has 2 N–H and O–H groups in total. The zero-order chi connectivity index (χ0) is 19.8. The summed E-state index contributed by atoms with van der Waals surface area (Å²) in [6.45, 7) is 2.31. The molecule has 9 nitrogen and oxygen atoms in total. The van der Waals surface area contributed by atoms with E-state index in [-0.39, 0.29) is 29.5 Å². The van der Waals surface area contributed by atoms with Gasteiger partial charge < -0.3 is 10.6 Å². The van der Waals surface area contributed by atoms with Crippen molar-refractivity contribution in [1.29, 1.82) is 0 Å². The van der Waals surface area contributed by atoms with Crippen LogP contribution in [0.1, 0.15) is 25.7 Å². The molecule has 3 rings (SSSR count). The van der Waals surface area contributed by atoms with E-state index in [1.54, 1.807) is 4.90 Å². The van der Waals surface area contributed by atoms with E-state index in [0.29, 0.717) is 32.7 Å². The van der Waals surface area contributed by atoms with Crippen LogP contribution in [-0.4, -0.2) is 99.5 Å². The van der Waals surface area contributed by atoms with Gasteiger partial charge in [-0.1, -0.05) is 0 Å². The maximum atomic E-state index is 12.6. The van der Waals surface area contributed by atoms with Crippen molar-refractivity contribution in [2.75, 3.05) is 50.5 Å². The summed E-state index contributed by atoms with van der Waals surface area (Å²) < 4.78 is 49.8. The van der Waals surface area contributed by atoms with Crippen molar-refractivity contribution in [2.45, 2.75) is 37.8 Å². The molecule has 3 atom stereocenters. The van der Waals surface area contributed by atoms with Gasteiger partial charge in [-0.3, -0.25) is 4.90 Å². The molecule has 0 aliphatic carbocycles. The SMILES string of the molecule is CS(=O)(=O)N1CCN(CCS(=O)(=O)CC2CC[C@@H]3CC[C@@H]2N3C(N)=O)CC1. The number of rotatable bonds is 6. The molecule has 3 saturated heterocycles. The Kier molecular flexibility index (Phi) is 6.05. The van der Waals surface area contributed by atoms with E-state index in [9.17, 15) is 21.6 Å². The molecule has 2 amide bonds. The van der Waals surface area contributed by atoms with E-state index in [0.717, 1.165) is 25.7 Å². The monoisotopic (exact) mass is 422 g/mol. The summed E-state index contributed by atoms with van der Waals surface area (Å²) in [6.07, 6.45) is 4.59. The first kappa shape index (κ1) is 20.8. The molecule has 0 radical (unpaired) electrons. The number of hydrogen-bond acceptors (Lipinski definition) is 6. The van der Waals surface area contributed by atoms with E-state index >= 15 is 0 Å². The molecule has 3 heterocycles. The van der Waals surface area contributed by atoms with Gasteiger partial charge in [0.15, 0.2) is 9.84 Å². The van der Waals surface area contributed by atoms with E-state index in [1.165, 1.54) is 10.6 Å². The van der Waals surface area contributed by atoms with Crippen molar-refractivity contribution < 1.29 is 21.6 Å². The summed E-state index contributed by atoms with van der Waals surface area (Å²) in [5, 5.41) is 0. The highest BCUT2D eigenvalue weighted by Crippen LogP contribution is 2.39. The molecule has 3 aliphatic rings. The minimum absolute atomic E-state index is 0.0386. The number of piperazine rings is 1. The van der Waals surface area contributed by atoms with Crippen molar-refractivity contribution >= 4 is 25.9 Å². The Morgan fingerprint density at radius 3 is 2.22 bits per heavy atom. The topological polar surface area (TPSA) is 121 Å². The fourth-order valence-electron chi connectivity index (χ4n) is 4.76. The minimum Gasteiger partial charge on any atom is -0.351 e. The highest BCUT2D eigenvalue weighted by molar-refractivity contribution is 7.91. The molecular weight excluding hydrogens is 392 g/mol.